The number of alkyl halides is 3. The number of sulfonamides is 1. The van der Waals surface area contributed by atoms with E-state index in [0.717, 1.165) is 0 Å². The van der Waals surface area contributed by atoms with Gasteiger partial charge in [0.15, 0.2) is 0 Å². The van der Waals surface area contributed by atoms with E-state index in [9.17, 15) is 26.4 Å². The molecule has 0 spiro atoms. The molecule has 0 bridgehead atoms. The molecule has 1 rings (SSSR count). The van der Waals surface area contributed by atoms with Crippen LogP contribution in [0.4, 0.5) is 13.2 Å². The van der Waals surface area contributed by atoms with Gasteiger partial charge in [-0.05, 0) is 19.8 Å². The van der Waals surface area contributed by atoms with E-state index in [1.807, 2.05) is 5.32 Å². The number of piperidine rings is 1. The van der Waals surface area contributed by atoms with Crippen LogP contribution in [0.1, 0.15) is 19.8 Å². The molecular weight excluding hydrogens is 285 g/mol. The normalized spacial score (nSPS) is 19.4. The van der Waals surface area contributed by atoms with Crippen LogP contribution in [0.2, 0.25) is 0 Å². The van der Waals surface area contributed by atoms with E-state index in [2.05, 4.69) is 0 Å². The Kier molecular flexibility index (Phi) is 5.19. The summed E-state index contributed by atoms with van der Waals surface area (Å²) in [5.74, 6) is -1.23. The Balaban J connectivity index is 2.44. The molecule has 0 aromatic carbocycles. The lowest BCUT2D eigenvalue weighted by molar-refractivity contribution is -0.141. The van der Waals surface area contributed by atoms with Crippen LogP contribution in [0.15, 0.2) is 0 Å². The summed E-state index contributed by atoms with van der Waals surface area (Å²) in [6.07, 6.45) is -3.92. The minimum atomic E-state index is -4.43. The average Bonchev–Trinajstić information content (AvgIpc) is 2.35. The number of hydrogen-bond donors (Lipinski definition) is 1. The number of carbonyl (C=O) groups is 1. The fourth-order valence-electron chi connectivity index (χ4n) is 1.91. The van der Waals surface area contributed by atoms with Gasteiger partial charge in [0.2, 0.25) is 15.9 Å². The van der Waals surface area contributed by atoms with Crippen LogP contribution in [0.3, 0.4) is 0 Å². The van der Waals surface area contributed by atoms with E-state index >= 15 is 0 Å². The monoisotopic (exact) mass is 302 g/mol. The molecule has 0 atom stereocenters. The fraction of sp³-hybridized carbons (Fsp3) is 0.900. The third-order valence-corrected chi connectivity index (χ3v) is 4.93. The first-order valence-electron chi connectivity index (χ1n) is 5.98. The van der Waals surface area contributed by atoms with Gasteiger partial charge in [0.1, 0.15) is 6.54 Å². The molecule has 0 aromatic heterocycles. The summed E-state index contributed by atoms with van der Waals surface area (Å²) in [7, 11) is -3.28. The third-order valence-electron chi connectivity index (χ3n) is 3.05. The maximum Gasteiger partial charge on any atom is 0.405 e. The van der Waals surface area contributed by atoms with Crippen molar-refractivity contribution >= 4 is 15.9 Å². The molecule has 1 amide bonds. The van der Waals surface area contributed by atoms with Gasteiger partial charge in [-0.15, -0.1) is 0 Å². The number of nitrogens with one attached hydrogen (secondary N) is 1. The Morgan fingerprint density at radius 2 is 1.84 bits per heavy atom. The molecule has 9 heteroatoms. The van der Waals surface area contributed by atoms with Crippen molar-refractivity contribution in [1.82, 2.24) is 9.62 Å². The summed E-state index contributed by atoms with van der Waals surface area (Å²) in [6.45, 7) is 0.539. The summed E-state index contributed by atoms with van der Waals surface area (Å²) >= 11 is 0. The van der Waals surface area contributed by atoms with E-state index < -0.39 is 34.6 Å². The van der Waals surface area contributed by atoms with Crippen molar-refractivity contribution < 1.29 is 26.4 Å². The van der Waals surface area contributed by atoms with Crippen LogP contribution in [0, 0.1) is 5.92 Å². The van der Waals surface area contributed by atoms with E-state index in [4.69, 9.17) is 0 Å². The number of nitrogens with zero attached hydrogens (tertiary/aromatic N) is 1. The largest absolute Gasteiger partial charge is 0.405 e. The van der Waals surface area contributed by atoms with Gasteiger partial charge in [-0.2, -0.15) is 13.2 Å². The minimum Gasteiger partial charge on any atom is -0.347 e. The van der Waals surface area contributed by atoms with Gasteiger partial charge >= 0.3 is 6.18 Å². The molecule has 0 aliphatic carbocycles. The van der Waals surface area contributed by atoms with Crippen molar-refractivity contribution in [2.24, 2.45) is 5.92 Å². The molecule has 1 saturated heterocycles. The lowest BCUT2D eigenvalue weighted by Gasteiger charge is -2.30. The van der Waals surface area contributed by atoms with Crippen molar-refractivity contribution in [2.45, 2.75) is 25.9 Å². The summed E-state index contributed by atoms with van der Waals surface area (Å²) in [4.78, 5) is 11.5. The first-order valence-corrected chi connectivity index (χ1v) is 7.59. The number of hydrogen-bond acceptors (Lipinski definition) is 3. The summed E-state index contributed by atoms with van der Waals surface area (Å²) in [6, 6.07) is 0. The maximum atomic E-state index is 11.9. The highest BCUT2D eigenvalue weighted by Gasteiger charge is 2.32. The van der Waals surface area contributed by atoms with Crippen LogP contribution >= 0.6 is 0 Å². The lowest BCUT2D eigenvalue weighted by atomic mass is 9.97. The Labute approximate surface area is 110 Å². The number of halogens is 3. The molecule has 1 aliphatic heterocycles. The van der Waals surface area contributed by atoms with E-state index in [0.29, 0.717) is 0 Å². The molecule has 0 saturated carbocycles. The molecule has 5 nitrogen and oxygen atoms in total. The van der Waals surface area contributed by atoms with Crippen molar-refractivity contribution in [1.29, 1.82) is 0 Å². The number of carbonyl (C=O) groups excluding carboxylic acids is 1. The van der Waals surface area contributed by atoms with E-state index in [1.54, 1.807) is 0 Å². The first-order chi connectivity index (χ1) is 8.65. The zero-order chi connectivity index (χ0) is 14.7. The Morgan fingerprint density at radius 1 is 1.32 bits per heavy atom. The Hall–Kier alpha value is -0.830. The van der Waals surface area contributed by atoms with E-state index in [1.165, 1.54) is 11.2 Å². The second-order valence-electron chi connectivity index (χ2n) is 4.41. The quantitative estimate of drug-likeness (QED) is 0.832. The van der Waals surface area contributed by atoms with Crippen LogP contribution in [-0.2, 0) is 14.8 Å². The van der Waals surface area contributed by atoms with Gasteiger partial charge in [-0.1, -0.05) is 0 Å². The van der Waals surface area contributed by atoms with Crippen molar-refractivity contribution in [3.05, 3.63) is 0 Å². The first kappa shape index (κ1) is 16.2. The highest BCUT2D eigenvalue weighted by atomic mass is 32.2. The molecule has 1 N–H and O–H groups in total. The lowest BCUT2D eigenvalue weighted by Crippen LogP contribution is -2.45. The zero-order valence-corrected chi connectivity index (χ0v) is 11.4. The topological polar surface area (TPSA) is 66.5 Å². The van der Waals surface area contributed by atoms with Crippen molar-refractivity contribution in [3.63, 3.8) is 0 Å². The summed E-state index contributed by atoms with van der Waals surface area (Å²) in [5, 5.41) is 1.83. The standard InChI is InChI=1S/C10H17F3N2O3S/c1-2-19(17,18)15-5-3-8(4-6-15)9(16)14-7-10(11,12)13/h8H,2-7H2,1H3,(H,14,16). The highest BCUT2D eigenvalue weighted by Crippen LogP contribution is 2.20. The molecule has 1 fully saturated rings. The van der Waals surface area contributed by atoms with Gasteiger partial charge in [0.25, 0.3) is 0 Å². The fourth-order valence-corrected chi connectivity index (χ4v) is 3.04. The predicted molar refractivity (Wildman–Crippen MR) is 62.8 cm³/mol. The number of rotatable bonds is 4. The molecule has 0 aromatic rings. The Morgan fingerprint density at radius 3 is 2.26 bits per heavy atom. The van der Waals surface area contributed by atoms with Gasteiger partial charge in [-0.25, -0.2) is 12.7 Å². The van der Waals surface area contributed by atoms with Gasteiger partial charge < -0.3 is 5.32 Å². The SMILES string of the molecule is CCS(=O)(=O)N1CCC(C(=O)NCC(F)(F)F)CC1. The summed E-state index contributed by atoms with van der Waals surface area (Å²) in [5.41, 5.74) is 0. The molecule has 19 heavy (non-hydrogen) atoms. The zero-order valence-electron chi connectivity index (χ0n) is 10.5. The second kappa shape index (κ2) is 6.08. The molecular formula is C10H17F3N2O3S. The molecule has 1 heterocycles. The summed E-state index contributed by atoms with van der Waals surface area (Å²) < 4.78 is 60.2. The molecule has 0 radical (unpaired) electrons. The third kappa shape index (κ3) is 4.98. The van der Waals surface area contributed by atoms with Gasteiger partial charge in [0, 0.05) is 19.0 Å². The van der Waals surface area contributed by atoms with Crippen molar-refractivity contribution in [3.8, 4) is 0 Å². The number of amides is 1. The van der Waals surface area contributed by atoms with Crippen LogP contribution in [0.25, 0.3) is 0 Å². The maximum absolute atomic E-state index is 11.9. The molecule has 1 aliphatic rings. The molecule has 112 valence electrons. The minimum absolute atomic E-state index is 0.0159. The predicted octanol–water partition coefficient (Wildman–Crippen LogP) is 0.727. The highest BCUT2D eigenvalue weighted by molar-refractivity contribution is 7.89. The van der Waals surface area contributed by atoms with Crippen molar-refractivity contribution in [2.75, 3.05) is 25.4 Å². The van der Waals surface area contributed by atoms with Gasteiger partial charge in [0.05, 0.1) is 5.75 Å². The Bertz CT molecular complexity index is 414. The molecule has 0 unspecified atom stereocenters. The van der Waals surface area contributed by atoms with Crippen LogP contribution < -0.4 is 5.32 Å². The van der Waals surface area contributed by atoms with Gasteiger partial charge in [-0.3, -0.25) is 4.79 Å². The van der Waals surface area contributed by atoms with Crippen LogP contribution in [-0.4, -0.2) is 50.2 Å². The smallest absolute Gasteiger partial charge is 0.347 e. The van der Waals surface area contributed by atoms with Crippen LogP contribution in [0.5, 0.6) is 0 Å². The second-order valence-corrected chi connectivity index (χ2v) is 6.66. The van der Waals surface area contributed by atoms with E-state index in [-0.39, 0.29) is 31.7 Å². The average molecular weight is 302 g/mol.